The minimum absolute atomic E-state index is 0.385. The third-order valence-electron chi connectivity index (χ3n) is 4.86. The third-order valence-corrected chi connectivity index (χ3v) is 4.86. The fourth-order valence-corrected chi connectivity index (χ4v) is 3.41. The van der Waals surface area contributed by atoms with Crippen LogP contribution in [0.4, 0.5) is 5.69 Å². The predicted molar refractivity (Wildman–Crippen MR) is 112 cm³/mol. The number of benzene rings is 2. The summed E-state index contributed by atoms with van der Waals surface area (Å²) in [6, 6.07) is 20.3. The summed E-state index contributed by atoms with van der Waals surface area (Å²) in [5.41, 5.74) is 11.9. The predicted octanol–water partition coefficient (Wildman–Crippen LogP) is 4.08. The van der Waals surface area contributed by atoms with Gasteiger partial charge < -0.3 is 15.8 Å². The first-order valence-corrected chi connectivity index (χ1v) is 9.57. The molecule has 0 saturated heterocycles. The Kier molecular flexibility index (Phi) is 5.52. The molecule has 0 spiro atoms. The standard InChI is InChI=1S/C23H24N4O/c24-23(27-21-12-11-18-8-4-9-19(18)14-21)26-15-20-10-5-13-25-22(20)28-16-17-6-2-1-3-7-17/h1-3,5-7,10-14H,4,8-9,15-16H2,(H3,24,26,27). The van der Waals surface area contributed by atoms with Gasteiger partial charge in [-0.1, -0.05) is 42.5 Å². The van der Waals surface area contributed by atoms with Crippen LogP contribution in [0.5, 0.6) is 5.88 Å². The zero-order chi connectivity index (χ0) is 19.2. The number of pyridine rings is 1. The van der Waals surface area contributed by atoms with Crippen molar-refractivity contribution in [2.75, 3.05) is 5.32 Å². The van der Waals surface area contributed by atoms with Gasteiger partial charge in [0.15, 0.2) is 5.96 Å². The van der Waals surface area contributed by atoms with E-state index in [9.17, 15) is 0 Å². The lowest BCUT2D eigenvalue weighted by Crippen LogP contribution is -2.22. The molecule has 28 heavy (non-hydrogen) atoms. The summed E-state index contributed by atoms with van der Waals surface area (Å²) in [6.07, 6.45) is 5.26. The molecule has 0 amide bonds. The van der Waals surface area contributed by atoms with E-state index in [4.69, 9.17) is 10.5 Å². The molecule has 0 fully saturated rings. The van der Waals surface area contributed by atoms with Gasteiger partial charge in [0.25, 0.3) is 0 Å². The van der Waals surface area contributed by atoms with Crippen molar-refractivity contribution in [3.8, 4) is 5.88 Å². The van der Waals surface area contributed by atoms with Gasteiger partial charge in [0.05, 0.1) is 6.54 Å². The first-order valence-electron chi connectivity index (χ1n) is 9.57. The van der Waals surface area contributed by atoms with E-state index in [2.05, 4.69) is 33.5 Å². The Hall–Kier alpha value is -3.34. The van der Waals surface area contributed by atoms with Crippen LogP contribution in [-0.2, 0) is 26.0 Å². The van der Waals surface area contributed by atoms with Gasteiger partial charge in [-0.3, -0.25) is 0 Å². The number of anilines is 1. The molecular formula is C23H24N4O. The summed E-state index contributed by atoms with van der Waals surface area (Å²) in [5, 5.41) is 3.19. The summed E-state index contributed by atoms with van der Waals surface area (Å²) in [5.74, 6) is 0.969. The molecule has 1 aromatic heterocycles. The van der Waals surface area contributed by atoms with Crippen LogP contribution in [0.2, 0.25) is 0 Å². The Balaban J connectivity index is 1.39. The average molecular weight is 372 g/mol. The number of ether oxygens (including phenoxy) is 1. The van der Waals surface area contributed by atoms with Gasteiger partial charge in [-0.15, -0.1) is 0 Å². The molecule has 0 radical (unpaired) electrons. The largest absolute Gasteiger partial charge is 0.473 e. The lowest BCUT2D eigenvalue weighted by Gasteiger charge is -2.10. The van der Waals surface area contributed by atoms with Gasteiger partial charge in [0, 0.05) is 17.4 Å². The molecule has 1 aliphatic rings. The molecule has 0 atom stereocenters. The molecular weight excluding hydrogens is 348 g/mol. The van der Waals surface area contributed by atoms with Gasteiger partial charge in [-0.25, -0.2) is 9.98 Å². The van der Waals surface area contributed by atoms with Crippen LogP contribution in [0.1, 0.15) is 28.7 Å². The van der Waals surface area contributed by atoms with Crippen molar-refractivity contribution in [1.82, 2.24) is 4.98 Å². The zero-order valence-corrected chi connectivity index (χ0v) is 15.8. The van der Waals surface area contributed by atoms with Crippen molar-refractivity contribution in [2.24, 2.45) is 10.7 Å². The van der Waals surface area contributed by atoms with Crippen LogP contribution in [0.25, 0.3) is 0 Å². The number of nitrogens with one attached hydrogen (secondary N) is 1. The molecule has 3 N–H and O–H groups in total. The van der Waals surface area contributed by atoms with E-state index in [1.807, 2.05) is 42.5 Å². The number of hydrogen-bond donors (Lipinski definition) is 2. The second-order valence-corrected chi connectivity index (χ2v) is 6.91. The van der Waals surface area contributed by atoms with E-state index in [0.717, 1.165) is 23.2 Å². The number of fused-ring (bicyclic) bond motifs is 1. The van der Waals surface area contributed by atoms with E-state index >= 15 is 0 Å². The molecule has 142 valence electrons. The van der Waals surface area contributed by atoms with Gasteiger partial charge in [0.1, 0.15) is 6.61 Å². The first kappa shape index (κ1) is 18.0. The monoisotopic (exact) mass is 372 g/mol. The lowest BCUT2D eigenvalue weighted by atomic mass is 10.1. The van der Waals surface area contributed by atoms with Gasteiger partial charge in [0.2, 0.25) is 5.88 Å². The normalized spacial score (nSPS) is 13.2. The Bertz CT molecular complexity index is 969. The maximum atomic E-state index is 6.09. The maximum Gasteiger partial charge on any atom is 0.218 e. The number of nitrogens with zero attached hydrogens (tertiary/aromatic N) is 2. The number of rotatable bonds is 6. The Morgan fingerprint density at radius 2 is 1.89 bits per heavy atom. The van der Waals surface area contributed by atoms with E-state index in [1.54, 1.807) is 6.20 Å². The van der Waals surface area contributed by atoms with Crippen LogP contribution >= 0.6 is 0 Å². The van der Waals surface area contributed by atoms with Crippen molar-refractivity contribution >= 4 is 11.6 Å². The van der Waals surface area contributed by atoms with Crippen molar-refractivity contribution in [1.29, 1.82) is 0 Å². The zero-order valence-electron chi connectivity index (χ0n) is 15.8. The maximum absolute atomic E-state index is 6.09. The van der Waals surface area contributed by atoms with Crippen LogP contribution in [0.15, 0.2) is 71.9 Å². The number of aryl methyl sites for hydroxylation is 2. The smallest absolute Gasteiger partial charge is 0.218 e. The van der Waals surface area contributed by atoms with Gasteiger partial charge in [-0.05, 0) is 54.2 Å². The molecule has 1 heterocycles. The Labute approximate surface area is 165 Å². The van der Waals surface area contributed by atoms with E-state index in [-0.39, 0.29) is 0 Å². The Morgan fingerprint density at radius 3 is 2.79 bits per heavy atom. The van der Waals surface area contributed by atoms with Crippen LogP contribution in [0.3, 0.4) is 0 Å². The molecule has 4 rings (SSSR count). The molecule has 3 aromatic rings. The fraction of sp³-hybridized carbons (Fsp3) is 0.217. The number of nitrogens with two attached hydrogens (primary N) is 1. The van der Waals surface area contributed by atoms with Crippen molar-refractivity contribution in [3.05, 3.63) is 89.1 Å². The number of aromatic nitrogens is 1. The minimum atomic E-state index is 0.385. The third kappa shape index (κ3) is 4.49. The summed E-state index contributed by atoms with van der Waals surface area (Å²) in [7, 11) is 0. The second-order valence-electron chi connectivity index (χ2n) is 6.91. The van der Waals surface area contributed by atoms with E-state index in [0.29, 0.717) is 25.0 Å². The lowest BCUT2D eigenvalue weighted by molar-refractivity contribution is 0.290. The summed E-state index contributed by atoms with van der Waals surface area (Å²) < 4.78 is 5.88. The highest BCUT2D eigenvalue weighted by Gasteiger charge is 2.11. The molecule has 5 nitrogen and oxygen atoms in total. The van der Waals surface area contributed by atoms with Crippen molar-refractivity contribution < 1.29 is 4.74 Å². The quantitative estimate of drug-likeness (QED) is 0.505. The second kappa shape index (κ2) is 8.57. The van der Waals surface area contributed by atoms with Crippen molar-refractivity contribution in [2.45, 2.75) is 32.4 Å². The number of aliphatic imine (C=N–C) groups is 1. The summed E-state index contributed by atoms with van der Waals surface area (Å²) >= 11 is 0. The Morgan fingerprint density at radius 1 is 1.04 bits per heavy atom. The summed E-state index contributed by atoms with van der Waals surface area (Å²) in [4.78, 5) is 8.80. The van der Waals surface area contributed by atoms with Gasteiger partial charge in [-0.2, -0.15) is 0 Å². The van der Waals surface area contributed by atoms with Crippen LogP contribution in [0, 0.1) is 0 Å². The van der Waals surface area contributed by atoms with Crippen molar-refractivity contribution in [3.63, 3.8) is 0 Å². The first-order chi connectivity index (χ1) is 13.8. The summed E-state index contributed by atoms with van der Waals surface area (Å²) in [6.45, 7) is 0.874. The topological polar surface area (TPSA) is 72.5 Å². The SMILES string of the molecule is NC(=NCc1cccnc1OCc1ccccc1)Nc1ccc2c(c1)CCC2. The number of hydrogen-bond acceptors (Lipinski definition) is 3. The molecule has 0 saturated carbocycles. The highest BCUT2D eigenvalue weighted by Crippen LogP contribution is 2.25. The fourth-order valence-electron chi connectivity index (χ4n) is 3.41. The van der Waals surface area contributed by atoms with Crippen LogP contribution < -0.4 is 15.8 Å². The van der Waals surface area contributed by atoms with Gasteiger partial charge >= 0.3 is 0 Å². The highest BCUT2D eigenvalue weighted by atomic mass is 16.5. The van der Waals surface area contributed by atoms with Crippen LogP contribution in [-0.4, -0.2) is 10.9 Å². The molecule has 2 aromatic carbocycles. The molecule has 0 aliphatic heterocycles. The molecule has 5 heteroatoms. The molecule has 0 unspecified atom stereocenters. The minimum Gasteiger partial charge on any atom is -0.473 e. The number of guanidine groups is 1. The molecule has 0 bridgehead atoms. The van der Waals surface area contributed by atoms with E-state index in [1.165, 1.54) is 24.0 Å². The van der Waals surface area contributed by atoms with E-state index < -0.39 is 0 Å². The highest BCUT2D eigenvalue weighted by molar-refractivity contribution is 5.92. The molecule has 1 aliphatic carbocycles. The average Bonchev–Trinajstić information content (AvgIpc) is 3.20.